The van der Waals surface area contributed by atoms with Gasteiger partial charge in [-0.3, -0.25) is 4.79 Å². The van der Waals surface area contributed by atoms with Crippen LogP contribution in [0.15, 0.2) is 30.3 Å². The molecule has 1 aromatic carbocycles. The molecular formula is C17H26O5. The molecule has 0 amide bonds. The van der Waals surface area contributed by atoms with Crippen molar-refractivity contribution in [1.29, 1.82) is 0 Å². The number of ketones is 1. The van der Waals surface area contributed by atoms with Gasteiger partial charge in [0.15, 0.2) is 5.78 Å². The van der Waals surface area contributed by atoms with Crippen LogP contribution < -0.4 is 0 Å². The molecule has 0 heterocycles. The first kappa shape index (κ1) is 18.8. The topological polar surface area (TPSA) is 65.0 Å². The summed E-state index contributed by atoms with van der Waals surface area (Å²) < 4.78 is 16.1. The first-order chi connectivity index (χ1) is 10.6. The highest BCUT2D eigenvalue weighted by Crippen LogP contribution is 2.19. The monoisotopic (exact) mass is 310 g/mol. The molecule has 1 N–H and O–H groups in total. The van der Waals surface area contributed by atoms with Gasteiger partial charge in [-0.2, -0.15) is 0 Å². The van der Waals surface area contributed by atoms with Crippen molar-refractivity contribution in [1.82, 2.24) is 0 Å². The highest BCUT2D eigenvalue weighted by atomic mass is 16.5. The van der Waals surface area contributed by atoms with Crippen LogP contribution >= 0.6 is 0 Å². The van der Waals surface area contributed by atoms with Gasteiger partial charge < -0.3 is 19.3 Å². The molecule has 0 radical (unpaired) electrons. The lowest BCUT2D eigenvalue weighted by atomic mass is 9.95. The summed E-state index contributed by atoms with van der Waals surface area (Å²) >= 11 is 0. The zero-order valence-electron chi connectivity index (χ0n) is 13.7. The van der Waals surface area contributed by atoms with E-state index in [1.54, 1.807) is 38.5 Å². The molecule has 0 aromatic heterocycles. The molecule has 5 heteroatoms. The molecule has 4 unspecified atom stereocenters. The minimum atomic E-state index is -1.29. The highest BCUT2D eigenvalue weighted by molar-refractivity contribution is 5.99. The summed E-state index contributed by atoms with van der Waals surface area (Å²) in [7, 11) is 4.64. The van der Waals surface area contributed by atoms with Crippen molar-refractivity contribution in [3.63, 3.8) is 0 Å². The molecule has 5 nitrogen and oxygen atoms in total. The number of rotatable bonds is 10. The fraction of sp³-hybridized carbons (Fsp3) is 0.588. The maximum Gasteiger partial charge on any atom is 0.194 e. The third kappa shape index (κ3) is 4.88. The second-order valence-electron chi connectivity index (χ2n) is 5.15. The van der Waals surface area contributed by atoms with Crippen LogP contribution in [0.4, 0.5) is 0 Å². The summed E-state index contributed by atoms with van der Waals surface area (Å²) in [4.78, 5) is 12.4. The molecule has 0 spiro atoms. The number of ether oxygens (including phenoxy) is 3. The van der Waals surface area contributed by atoms with Gasteiger partial charge in [-0.25, -0.2) is 0 Å². The minimum Gasteiger partial charge on any atom is -0.382 e. The fourth-order valence-electron chi connectivity index (χ4n) is 2.46. The van der Waals surface area contributed by atoms with E-state index in [-0.39, 0.29) is 11.9 Å². The number of benzene rings is 1. The third-order valence-corrected chi connectivity index (χ3v) is 3.86. The van der Waals surface area contributed by atoms with Gasteiger partial charge in [0.25, 0.3) is 0 Å². The summed E-state index contributed by atoms with van der Waals surface area (Å²) in [5.41, 5.74) is 0.450. The van der Waals surface area contributed by atoms with Crippen LogP contribution in [0.25, 0.3) is 0 Å². The van der Waals surface area contributed by atoms with E-state index >= 15 is 0 Å². The number of Topliss-reactive ketones (excluding diaryl/α,β-unsaturated/α-hetero) is 1. The maximum absolute atomic E-state index is 12.4. The molecule has 22 heavy (non-hydrogen) atoms. The predicted molar refractivity (Wildman–Crippen MR) is 84.1 cm³/mol. The average Bonchev–Trinajstić information content (AvgIpc) is 2.58. The lowest BCUT2D eigenvalue weighted by Crippen LogP contribution is -2.46. The van der Waals surface area contributed by atoms with Gasteiger partial charge in [-0.1, -0.05) is 37.3 Å². The molecule has 124 valence electrons. The molecule has 0 saturated carbocycles. The standard InChI is InChI=1S/C17H26O5/c1-5-13(20-2)11-14(21-3)17(22-4)16(19)15(18)12-9-7-6-8-10-12/h6-10,13-14,16-17,19H,5,11H2,1-4H3. The molecule has 0 aliphatic carbocycles. The summed E-state index contributed by atoms with van der Waals surface area (Å²) in [5, 5.41) is 10.4. The van der Waals surface area contributed by atoms with Gasteiger partial charge in [0.05, 0.1) is 12.2 Å². The second kappa shape index (κ2) is 9.69. The Morgan fingerprint density at radius 1 is 1.09 bits per heavy atom. The van der Waals surface area contributed by atoms with E-state index in [0.29, 0.717) is 12.0 Å². The second-order valence-corrected chi connectivity index (χ2v) is 5.15. The Balaban J connectivity index is 2.85. The quantitative estimate of drug-likeness (QED) is 0.670. The number of methoxy groups -OCH3 is 3. The Bertz CT molecular complexity index is 430. The van der Waals surface area contributed by atoms with Crippen molar-refractivity contribution in [3.8, 4) is 0 Å². The van der Waals surface area contributed by atoms with E-state index in [9.17, 15) is 9.90 Å². The van der Waals surface area contributed by atoms with Gasteiger partial charge in [0, 0.05) is 33.3 Å². The van der Waals surface area contributed by atoms with Crippen LogP contribution in [0, 0.1) is 0 Å². The number of carbonyl (C=O) groups is 1. The van der Waals surface area contributed by atoms with Gasteiger partial charge in [0.1, 0.15) is 12.2 Å². The molecule has 1 aromatic rings. The van der Waals surface area contributed by atoms with Crippen molar-refractivity contribution in [2.24, 2.45) is 0 Å². The summed E-state index contributed by atoms with van der Waals surface area (Å²) in [5.74, 6) is -0.375. The van der Waals surface area contributed by atoms with E-state index in [0.717, 1.165) is 6.42 Å². The van der Waals surface area contributed by atoms with Crippen molar-refractivity contribution in [2.45, 2.75) is 44.2 Å². The normalized spacial score (nSPS) is 16.8. The zero-order valence-corrected chi connectivity index (χ0v) is 13.7. The maximum atomic E-state index is 12.4. The Morgan fingerprint density at radius 2 is 1.73 bits per heavy atom. The van der Waals surface area contributed by atoms with Crippen LogP contribution in [0.3, 0.4) is 0 Å². The van der Waals surface area contributed by atoms with Crippen LogP contribution in [-0.4, -0.2) is 56.6 Å². The predicted octanol–water partition coefficient (Wildman–Crippen LogP) is 2.08. The van der Waals surface area contributed by atoms with Gasteiger partial charge in [-0.05, 0) is 6.42 Å². The Hall–Kier alpha value is -1.27. The van der Waals surface area contributed by atoms with Crippen molar-refractivity contribution in [2.75, 3.05) is 21.3 Å². The van der Waals surface area contributed by atoms with Gasteiger partial charge in [-0.15, -0.1) is 0 Å². The molecule has 0 bridgehead atoms. The first-order valence-corrected chi connectivity index (χ1v) is 7.44. The Morgan fingerprint density at radius 3 is 2.18 bits per heavy atom. The lowest BCUT2D eigenvalue weighted by Gasteiger charge is -2.30. The smallest absolute Gasteiger partial charge is 0.194 e. The molecule has 1 rings (SSSR count). The summed E-state index contributed by atoms with van der Waals surface area (Å²) in [6.45, 7) is 2.01. The van der Waals surface area contributed by atoms with Crippen LogP contribution in [0.2, 0.25) is 0 Å². The fourth-order valence-corrected chi connectivity index (χ4v) is 2.46. The van der Waals surface area contributed by atoms with Crippen molar-refractivity contribution >= 4 is 5.78 Å². The number of carbonyl (C=O) groups excluding carboxylic acids is 1. The minimum absolute atomic E-state index is 0.0124. The molecule has 0 aliphatic rings. The first-order valence-electron chi connectivity index (χ1n) is 7.44. The number of aliphatic hydroxyl groups excluding tert-OH is 1. The average molecular weight is 310 g/mol. The van der Waals surface area contributed by atoms with E-state index in [1.807, 2.05) is 13.0 Å². The van der Waals surface area contributed by atoms with Crippen LogP contribution in [0.1, 0.15) is 30.1 Å². The summed E-state index contributed by atoms with van der Waals surface area (Å²) in [6, 6.07) is 8.68. The molecule has 0 saturated heterocycles. The Kier molecular flexibility index (Phi) is 8.27. The molecule has 0 fully saturated rings. The SMILES string of the molecule is CCC(CC(OC)C(OC)C(O)C(=O)c1ccccc1)OC. The van der Waals surface area contributed by atoms with E-state index in [4.69, 9.17) is 14.2 Å². The van der Waals surface area contributed by atoms with Gasteiger partial charge in [0.2, 0.25) is 0 Å². The van der Waals surface area contributed by atoms with E-state index in [2.05, 4.69) is 0 Å². The van der Waals surface area contributed by atoms with Crippen LogP contribution in [-0.2, 0) is 14.2 Å². The molecule has 4 atom stereocenters. The van der Waals surface area contributed by atoms with Crippen molar-refractivity contribution in [3.05, 3.63) is 35.9 Å². The molecule has 0 aliphatic heterocycles. The van der Waals surface area contributed by atoms with Crippen molar-refractivity contribution < 1.29 is 24.1 Å². The van der Waals surface area contributed by atoms with E-state index < -0.39 is 18.3 Å². The Labute approximate surface area is 132 Å². The number of hydrogen-bond donors (Lipinski definition) is 1. The molecular weight excluding hydrogens is 284 g/mol. The van der Waals surface area contributed by atoms with Gasteiger partial charge >= 0.3 is 0 Å². The number of hydrogen-bond acceptors (Lipinski definition) is 5. The zero-order chi connectivity index (χ0) is 16.5. The number of aliphatic hydroxyl groups is 1. The third-order valence-electron chi connectivity index (χ3n) is 3.86. The van der Waals surface area contributed by atoms with Crippen LogP contribution in [0.5, 0.6) is 0 Å². The summed E-state index contributed by atoms with van der Waals surface area (Å²) in [6.07, 6.45) is -1.12. The highest BCUT2D eigenvalue weighted by Gasteiger charge is 2.34. The largest absolute Gasteiger partial charge is 0.382 e. The van der Waals surface area contributed by atoms with E-state index in [1.165, 1.54) is 7.11 Å². The lowest BCUT2D eigenvalue weighted by molar-refractivity contribution is -0.0994.